The molecule has 2 aromatic carbocycles. The number of para-hydroxylation sites is 1. The van der Waals surface area contributed by atoms with E-state index in [1.165, 1.54) is 6.92 Å². The van der Waals surface area contributed by atoms with Crippen LogP contribution in [0.1, 0.15) is 28.9 Å². The van der Waals surface area contributed by atoms with Crippen LogP contribution in [0.2, 0.25) is 0 Å². The van der Waals surface area contributed by atoms with Gasteiger partial charge in [0.2, 0.25) is 5.95 Å². The molecule has 1 unspecified atom stereocenters. The molecule has 0 saturated carbocycles. The Morgan fingerprint density at radius 3 is 2.84 bits per heavy atom. The van der Waals surface area contributed by atoms with E-state index in [1.54, 1.807) is 12.3 Å². The molecule has 0 bridgehead atoms. The lowest BCUT2D eigenvalue weighted by Gasteiger charge is -2.26. The molecule has 0 spiro atoms. The summed E-state index contributed by atoms with van der Waals surface area (Å²) in [7, 11) is 2.01. The van der Waals surface area contributed by atoms with Crippen LogP contribution in [0.3, 0.4) is 0 Å². The van der Waals surface area contributed by atoms with E-state index in [0.717, 1.165) is 28.7 Å². The normalized spacial score (nSPS) is 15.8. The minimum absolute atomic E-state index is 0.0352. The first-order valence-electron chi connectivity index (χ1n) is 12.1. The molecule has 1 atom stereocenters. The number of nitrogens with one attached hydrogen (secondary N) is 2. The van der Waals surface area contributed by atoms with E-state index in [9.17, 15) is 9.59 Å². The second kappa shape index (κ2) is 9.27. The molecular formula is C28H25N5O4. The second-order valence-electron chi connectivity index (χ2n) is 9.07. The standard InChI is InChI=1S/C28H25N5O4/c1-16(34)25-26(24-14-29-11-12-36-24)19-8-7-17(13-23(19)37-27(25)35)31-28-30-10-9-21(32-28)20-15-33(2)22-6-4-3-5-18(20)22/h3-10,13,15,24,29H,11-12,14H2,1-2H3,(H,30,31,32). The highest BCUT2D eigenvalue weighted by molar-refractivity contribution is 6.00. The Bertz CT molecular complexity index is 1720. The third kappa shape index (κ3) is 4.18. The fraction of sp³-hybridized carbons (Fsp3) is 0.214. The van der Waals surface area contributed by atoms with Crippen LogP contribution in [0.15, 0.2) is 70.1 Å². The number of benzene rings is 2. The van der Waals surface area contributed by atoms with Crippen molar-refractivity contribution in [3.8, 4) is 11.3 Å². The van der Waals surface area contributed by atoms with Crippen molar-refractivity contribution < 1.29 is 13.9 Å². The van der Waals surface area contributed by atoms with Gasteiger partial charge in [0.1, 0.15) is 11.1 Å². The smallest absolute Gasteiger partial charge is 0.347 e. The molecule has 1 aliphatic rings. The highest BCUT2D eigenvalue weighted by Gasteiger charge is 2.27. The molecule has 3 aromatic heterocycles. The van der Waals surface area contributed by atoms with Crippen molar-refractivity contribution >= 4 is 39.3 Å². The number of ether oxygens (including phenoxy) is 1. The number of Topliss-reactive ketones (excluding diaryl/α,β-unsaturated/α-hetero) is 1. The number of morpholine rings is 1. The minimum atomic E-state index is -0.671. The molecule has 2 N–H and O–H groups in total. The van der Waals surface area contributed by atoms with Crippen LogP contribution < -0.4 is 16.3 Å². The van der Waals surface area contributed by atoms with Crippen molar-refractivity contribution in [3.05, 3.63) is 82.5 Å². The molecule has 1 saturated heterocycles. The zero-order chi connectivity index (χ0) is 25.5. The van der Waals surface area contributed by atoms with E-state index in [1.807, 2.05) is 37.4 Å². The molecule has 9 nitrogen and oxygen atoms in total. The lowest BCUT2D eigenvalue weighted by molar-refractivity contribution is 0.0277. The van der Waals surface area contributed by atoms with Crippen molar-refractivity contribution in [2.24, 2.45) is 7.05 Å². The third-order valence-electron chi connectivity index (χ3n) is 6.63. The number of nitrogens with zero attached hydrogens (tertiary/aromatic N) is 3. The maximum atomic E-state index is 12.8. The number of ketones is 1. The first-order valence-corrected chi connectivity index (χ1v) is 12.1. The van der Waals surface area contributed by atoms with E-state index in [4.69, 9.17) is 14.1 Å². The maximum Gasteiger partial charge on any atom is 0.347 e. The molecule has 37 heavy (non-hydrogen) atoms. The van der Waals surface area contributed by atoms with Crippen LogP contribution in [-0.4, -0.2) is 40.0 Å². The number of aromatic nitrogens is 3. The second-order valence-corrected chi connectivity index (χ2v) is 9.07. The topological polar surface area (TPSA) is 111 Å². The zero-order valence-electron chi connectivity index (χ0n) is 20.4. The molecule has 0 aliphatic carbocycles. The summed E-state index contributed by atoms with van der Waals surface area (Å²) >= 11 is 0. The van der Waals surface area contributed by atoms with Crippen molar-refractivity contribution in [2.45, 2.75) is 13.0 Å². The van der Waals surface area contributed by atoms with Crippen LogP contribution in [0.25, 0.3) is 33.1 Å². The number of fused-ring (bicyclic) bond motifs is 2. The van der Waals surface area contributed by atoms with Gasteiger partial charge in [0.05, 0.1) is 18.4 Å². The summed E-state index contributed by atoms with van der Waals surface area (Å²) in [6.07, 6.45) is 3.34. The molecule has 1 aliphatic heterocycles. The largest absolute Gasteiger partial charge is 0.422 e. The Labute approximate surface area is 212 Å². The van der Waals surface area contributed by atoms with Crippen LogP contribution in [0, 0.1) is 0 Å². The van der Waals surface area contributed by atoms with Crippen molar-refractivity contribution in [3.63, 3.8) is 0 Å². The fourth-order valence-electron chi connectivity index (χ4n) is 4.97. The number of carbonyl (C=O) groups is 1. The Balaban J connectivity index is 1.38. The molecule has 186 valence electrons. The van der Waals surface area contributed by atoms with Gasteiger partial charge in [0, 0.05) is 71.7 Å². The molecule has 6 rings (SSSR count). The van der Waals surface area contributed by atoms with Gasteiger partial charge in [0.25, 0.3) is 0 Å². The van der Waals surface area contributed by atoms with E-state index < -0.39 is 11.7 Å². The number of hydrogen-bond donors (Lipinski definition) is 2. The molecule has 1 fully saturated rings. The number of aryl methyl sites for hydroxylation is 1. The average molecular weight is 496 g/mol. The molecule has 4 heterocycles. The summed E-state index contributed by atoms with van der Waals surface area (Å²) < 4.78 is 13.5. The van der Waals surface area contributed by atoms with Gasteiger partial charge in [-0.15, -0.1) is 0 Å². The van der Waals surface area contributed by atoms with Crippen LogP contribution in [0.5, 0.6) is 0 Å². The van der Waals surface area contributed by atoms with Gasteiger partial charge in [-0.2, -0.15) is 0 Å². The quantitative estimate of drug-likeness (QED) is 0.274. The van der Waals surface area contributed by atoms with Crippen molar-refractivity contribution in [1.82, 2.24) is 19.9 Å². The molecule has 5 aromatic rings. The van der Waals surface area contributed by atoms with Gasteiger partial charge in [-0.25, -0.2) is 14.8 Å². The summed E-state index contributed by atoms with van der Waals surface area (Å²) in [4.78, 5) is 34.3. The summed E-state index contributed by atoms with van der Waals surface area (Å²) in [6, 6.07) is 15.4. The SMILES string of the molecule is CC(=O)c1c(C2CNCCO2)c2ccc(Nc3nccc(-c4cn(C)c5ccccc45)n3)cc2oc1=O. The summed E-state index contributed by atoms with van der Waals surface area (Å²) in [5.74, 6) is 0.0631. The third-order valence-corrected chi connectivity index (χ3v) is 6.63. The lowest BCUT2D eigenvalue weighted by Crippen LogP contribution is -2.35. The van der Waals surface area contributed by atoms with Gasteiger partial charge in [-0.3, -0.25) is 4.79 Å². The zero-order valence-corrected chi connectivity index (χ0v) is 20.4. The Morgan fingerprint density at radius 2 is 2.03 bits per heavy atom. The molecule has 9 heteroatoms. The Kier molecular flexibility index (Phi) is 5.78. The van der Waals surface area contributed by atoms with Gasteiger partial charge < -0.3 is 24.4 Å². The number of hydrogen-bond acceptors (Lipinski definition) is 8. The van der Waals surface area contributed by atoms with E-state index in [0.29, 0.717) is 41.3 Å². The number of anilines is 2. The van der Waals surface area contributed by atoms with Crippen LogP contribution in [0.4, 0.5) is 11.6 Å². The van der Waals surface area contributed by atoms with Gasteiger partial charge in [-0.05, 0) is 31.2 Å². The molecule has 0 amide bonds. The first-order chi connectivity index (χ1) is 18.0. The predicted molar refractivity (Wildman–Crippen MR) is 141 cm³/mol. The number of rotatable bonds is 5. The van der Waals surface area contributed by atoms with Crippen LogP contribution >= 0.6 is 0 Å². The van der Waals surface area contributed by atoms with Crippen LogP contribution in [-0.2, 0) is 11.8 Å². The highest BCUT2D eigenvalue weighted by atomic mass is 16.5. The molecule has 0 radical (unpaired) electrons. The van der Waals surface area contributed by atoms with E-state index in [-0.39, 0.29) is 11.3 Å². The average Bonchev–Trinajstić information content (AvgIpc) is 3.25. The van der Waals surface area contributed by atoms with Gasteiger partial charge >= 0.3 is 5.63 Å². The Hall–Kier alpha value is -4.34. The van der Waals surface area contributed by atoms with Gasteiger partial charge in [0.15, 0.2) is 5.78 Å². The lowest BCUT2D eigenvalue weighted by atomic mass is 9.96. The first kappa shape index (κ1) is 23.1. The highest BCUT2D eigenvalue weighted by Crippen LogP contribution is 2.32. The monoisotopic (exact) mass is 495 g/mol. The van der Waals surface area contributed by atoms with Crippen molar-refractivity contribution in [2.75, 3.05) is 25.0 Å². The summed E-state index contributed by atoms with van der Waals surface area (Å²) in [5.41, 5.74) is 3.85. The Morgan fingerprint density at radius 1 is 1.16 bits per heavy atom. The number of carbonyl (C=O) groups excluding carboxylic acids is 1. The van der Waals surface area contributed by atoms with Gasteiger partial charge in [-0.1, -0.05) is 18.2 Å². The summed E-state index contributed by atoms with van der Waals surface area (Å²) in [6.45, 7) is 3.09. The van der Waals surface area contributed by atoms with E-state index >= 15 is 0 Å². The van der Waals surface area contributed by atoms with Crippen molar-refractivity contribution in [1.29, 1.82) is 0 Å². The maximum absolute atomic E-state index is 12.8. The minimum Gasteiger partial charge on any atom is -0.422 e. The molecular weight excluding hydrogens is 470 g/mol. The summed E-state index contributed by atoms with van der Waals surface area (Å²) in [5, 5.41) is 8.24. The predicted octanol–water partition coefficient (Wildman–Crippen LogP) is 4.35. The van der Waals surface area contributed by atoms with E-state index in [2.05, 4.69) is 38.5 Å². The fourth-order valence-corrected chi connectivity index (χ4v) is 4.97.